The van der Waals surface area contributed by atoms with Gasteiger partial charge in [-0.1, -0.05) is 42.5 Å². The predicted octanol–water partition coefficient (Wildman–Crippen LogP) is 5.05. The monoisotopic (exact) mass is 381 g/mol. The third-order valence-electron chi connectivity index (χ3n) is 5.98. The van der Waals surface area contributed by atoms with Gasteiger partial charge >= 0.3 is 0 Å². The van der Waals surface area contributed by atoms with Crippen LogP contribution in [0.3, 0.4) is 0 Å². The summed E-state index contributed by atoms with van der Waals surface area (Å²) >= 11 is 0. The molecule has 5 heteroatoms. The lowest BCUT2D eigenvalue weighted by atomic mass is 9.78. The van der Waals surface area contributed by atoms with Crippen molar-refractivity contribution in [3.8, 4) is 0 Å². The number of nitrogens with zero attached hydrogens (tertiary/aromatic N) is 2. The van der Waals surface area contributed by atoms with Crippen molar-refractivity contribution in [2.75, 3.05) is 5.32 Å². The Morgan fingerprint density at radius 3 is 2.62 bits per heavy atom. The summed E-state index contributed by atoms with van der Waals surface area (Å²) in [5, 5.41) is 3.48. The molecule has 1 N–H and O–H groups in total. The van der Waals surface area contributed by atoms with E-state index in [1.165, 1.54) is 5.56 Å². The van der Waals surface area contributed by atoms with E-state index < -0.39 is 0 Å². The number of anilines is 1. The average molecular weight is 381 g/mol. The Bertz CT molecular complexity index is 1250. The Hall–Kier alpha value is -3.60. The van der Waals surface area contributed by atoms with Crippen LogP contribution in [0.25, 0.3) is 11.0 Å². The molecule has 0 saturated heterocycles. The molecule has 6 rings (SSSR count). The standard InChI is InChI=1S/C24H19N3O2/c28-20-14-16(15-7-2-1-3-8-15)13-18-22(20)23(21-11-6-12-29-21)27-19-10-5-4-9-17(19)25-24(27)26-18/h1-12,16,23H,13-14H2,(H,25,26). The lowest BCUT2D eigenvalue weighted by molar-refractivity contribution is -0.116. The first kappa shape index (κ1) is 16.4. The molecule has 142 valence electrons. The predicted molar refractivity (Wildman–Crippen MR) is 111 cm³/mol. The maximum absolute atomic E-state index is 13.4. The van der Waals surface area contributed by atoms with Crippen molar-refractivity contribution < 1.29 is 9.21 Å². The molecule has 2 unspecified atom stereocenters. The van der Waals surface area contributed by atoms with Crippen LogP contribution in [0.2, 0.25) is 0 Å². The lowest BCUT2D eigenvalue weighted by Crippen LogP contribution is -2.32. The molecule has 3 heterocycles. The third kappa shape index (κ3) is 2.47. The zero-order valence-corrected chi connectivity index (χ0v) is 15.7. The Morgan fingerprint density at radius 1 is 0.966 bits per heavy atom. The smallest absolute Gasteiger partial charge is 0.209 e. The van der Waals surface area contributed by atoms with Gasteiger partial charge in [0.15, 0.2) is 5.78 Å². The summed E-state index contributed by atoms with van der Waals surface area (Å²) in [5.41, 5.74) is 4.84. The van der Waals surface area contributed by atoms with Gasteiger partial charge < -0.3 is 9.73 Å². The van der Waals surface area contributed by atoms with E-state index in [1.54, 1.807) is 6.26 Å². The number of furan rings is 1. The second-order valence-corrected chi connectivity index (χ2v) is 7.67. The van der Waals surface area contributed by atoms with Crippen molar-refractivity contribution in [1.29, 1.82) is 0 Å². The normalized spacial score (nSPS) is 21.0. The molecule has 1 aliphatic carbocycles. The Balaban J connectivity index is 1.53. The fourth-order valence-corrected chi connectivity index (χ4v) is 4.70. The number of ketones is 1. The highest BCUT2D eigenvalue weighted by Crippen LogP contribution is 2.45. The van der Waals surface area contributed by atoms with Gasteiger partial charge in [0.1, 0.15) is 11.8 Å². The fraction of sp³-hybridized carbons (Fsp3) is 0.167. The topological polar surface area (TPSA) is 60.1 Å². The van der Waals surface area contributed by atoms with Gasteiger partial charge in [0.2, 0.25) is 5.95 Å². The van der Waals surface area contributed by atoms with Gasteiger partial charge in [0.05, 0.1) is 17.3 Å². The SMILES string of the molecule is O=C1CC(c2ccccc2)CC2=C1C(c1ccco1)n1c(nc3ccccc31)N2. The molecule has 5 nitrogen and oxygen atoms in total. The van der Waals surface area contributed by atoms with Crippen LogP contribution in [0.4, 0.5) is 5.95 Å². The maximum Gasteiger partial charge on any atom is 0.209 e. The zero-order chi connectivity index (χ0) is 19.4. The lowest BCUT2D eigenvalue weighted by Gasteiger charge is -2.35. The molecule has 2 aliphatic rings. The van der Waals surface area contributed by atoms with Crippen molar-refractivity contribution in [3.05, 3.63) is 95.6 Å². The number of para-hydroxylation sites is 2. The number of hydrogen-bond donors (Lipinski definition) is 1. The number of fused-ring (bicyclic) bond motifs is 3. The Kier molecular flexibility index (Phi) is 3.50. The van der Waals surface area contributed by atoms with E-state index in [0.717, 1.165) is 40.4 Å². The molecule has 0 bridgehead atoms. The number of imidazole rings is 1. The van der Waals surface area contributed by atoms with Gasteiger partial charge in [0, 0.05) is 17.7 Å². The summed E-state index contributed by atoms with van der Waals surface area (Å²) in [7, 11) is 0. The summed E-state index contributed by atoms with van der Waals surface area (Å²) in [6.07, 6.45) is 2.95. The van der Waals surface area contributed by atoms with Gasteiger partial charge in [-0.3, -0.25) is 9.36 Å². The molecule has 2 atom stereocenters. The summed E-state index contributed by atoms with van der Waals surface area (Å²) in [4.78, 5) is 18.2. The molecular weight excluding hydrogens is 362 g/mol. The first-order valence-electron chi connectivity index (χ1n) is 9.88. The fourth-order valence-electron chi connectivity index (χ4n) is 4.70. The number of hydrogen-bond acceptors (Lipinski definition) is 4. The minimum absolute atomic E-state index is 0.164. The number of allylic oxidation sites excluding steroid dienone is 2. The highest BCUT2D eigenvalue weighted by atomic mass is 16.3. The maximum atomic E-state index is 13.4. The van der Waals surface area contributed by atoms with Gasteiger partial charge in [-0.05, 0) is 42.2 Å². The van der Waals surface area contributed by atoms with Crippen LogP contribution in [-0.2, 0) is 4.79 Å². The van der Waals surface area contributed by atoms with Crippen molar-refractivity contribution >= 4 is 22.8 Å². The van der Waals surface area contributed by atoms with E-state index in [1.807, 2.05) is 54.6 Å². The number of aromatic nitrogens is 2. The zero-order valence-electron chi connectivity index (χ0n) is 15.7. The van der Waals surface area contributed by atoms with E-state index in [-0.39, 0.29) is 17.7 Å². The van der Waals surface area contributed by atoms with Crippen LogP contribution in [0.15, 0.2) is 88.7 Å². The highest BCUT2D eigenvalue weighted by Gasteiger charge is 2.40. The number of carbonyl (C=O) groups is 1. The van der Waals surface area contributed by atoms with Crippen LogP contribution in [0.5, 0.6) is 0 Å². The molecule has 0 saturated carbocycles. The Labute approximate surface area is 167 Å². The van der Waals surface area contributed by atoms with Crippen LogP contribution in [-0.4, -0.2) is 15.3 Å². The molecule has 0 spiro atoms. The second kappa shape index (κ2) is 6.21. The quantitative estimate of drug-likeness (QED) is 0.528. The Morgan fingerprint density at radius 2 is 1.79 bits per heavy atom. The third-order valence-corrected chi connectivity index (χ3v) is 5.98. The van der Waals surface area contributed by atoms with Crippen LogP contribution < -0.4 is 5.32 Å². The first-order valence-corrected chi connectivity index (χ1v) is 9.88. The van der Waals surface area contributed by atoms with Crippen molar-refractivity contribution in [1.82, 2.24) is 9.55 Å². The van der Waals surface area contributed by atoms with Gasteiger partial charge in [-0.15, -0.1) is 0 Å². The van der Waals surface area contributed by atoms with Crippen LogP contribution in [0.1, 0.15) is 36.1 Å². The van der Waals surface area contributed by atoms with E-state index in [4.69, 9.17) is 9.40 Å². The van der Waals surface area contributed by atoms with Gasteiger partial charge in [-0.2, -0.15) is 0 Å². The highest BCUT2D eigenvalue weighted by molar-refractivity contribution is 6.00. The largest absolute Gasteiger partial charge is 0.467 e. The molecule has 2 aromatic carbocycles. The molecule has 2 aromatic heterocycles. The molecular formula is C24H19N3O2. The minimum Gasteiger partial charge on any atom is -0.467 e. The van der Waals surface area contributed by atoms with Crippen molar-refractivity contribution in [2.45, 2.75) is 24.8 Å². The molecule has 1 aliphatic heterocycles. The van der Waals surface area contributed by atoms with Gasteiger partial charge in [0.25, 0.3) is 0 Å². The minimum atomic E-state index is -0.298. The summed E-state index contributed by atoms with van der Waals surface area (Å²) in [5.74, 6) is 1.85. The average Bonchev–Trinajstić information content (AvgIpc) is 3.40. The number of rotatable bonds is 2. The van der Waals surface area contributed by atoms with E-state index in [9.17, 15) is 4.79 Å². The van der Waals surface area contributed by atoms with Crippen LogP contribution >= 0.6 is 0 Å². The van der Waals surface area contributed by atoms with Crippen LogP contribution in [0, 0.1) is 0 Å². The number of nitrogens with one attached hydrogen (secondary N) is 1. The van der Waals surface area contributed by atoms with Crippen molar-refractivity contribution in [2.24, 2.45) is 0 Å². The number of carbonyl (C=O) groups excluding carboxylic acids is 1. The van der Waals surface area contributed by atoms with E-state index in [0.29, 0.717) is 6.42 Å². The molecule has 29 heavy (non-hydrogen) atoms. The van der Waals surface area contributed by atoms with Gasteiger partial charge in [-0.25, -0.2) is 4.98 Å². The van der Waals surface area contributed by atoms with E-state index in [2.05, 4.69) is 22.0 Å². The molecule has 0 amide bonds. The summed E-state index contributed by atoms with van der Waals surface area (Å²) in [6, 6.07) is 21.8. The molecule has 4 aromatic rings. The van der Waals surface area contributed by atoms with Crippen molar-refractivity contribution in [3.63, 3.8) is 0 Å². The molecule has 0 radical (unpaired) electrons. The molecule has 0 fully saturated rings. The second-order valence-electron chi connectivity index (χ2n) is 7.67. The first-order chi connectivity index (χ1) is 14.3. The number of benzene rings is 2. The number of Topliss-reactive ketones (excluding diaryl/α,β-unsaturated/α-hetero) is 1. The van der Waals surface area contributed by atoms with E-state index >= 15 is 0 Å². The summed E-state index contributed by atoms with van der Waals surface area (Å²) in [6.45, 7) is 0. The summed E-state index contributed by atoms with van der Waals surface area (Å²) < 4.78 is 7.89.